The number of pyridine rings is 2. The van der Waals surface area contributed by atoms with Gasteiger partial charge in [0.2, 0.25) is 0 Å². The summed E-state index contributed by atoms with van der Waals surface area (Å²) in [6.45, 7) is 4.28. The highest BCUT2D eigenvalue weighted by Gasteiger charge is 2.46. The molecular weight excluding hydrogens is 503 g/mol. The monoisotopic (exact) mass is 532 g/mol. The first-order valence-electron chi connectivity index (χ1n) is 12.9. The van der Waals surface area contributed by atoms with Crippen LogP contribution >= 0.6 is 23.2 Å². The molecule has 4 aromatic rings. The molecule has 1 saturated carbocycles. The highest BCUT2D eigenvalue weighted by Crippen LogP contribution is 2.43. The van der Waals surface area contributed by atoms with Crippen molar-refractivity contribution in [1.82, 2.24) is 14.5 Å². The van der Waals surface area contributed by atoms with Gasteiger partial charge in [0.15, 0.2) is 0 Å². The van der Waals surface area contributed by atoms with Crippen LogP contribution in [0.2, 0.25) is 10.0 Å². The normalized spacial score (nSPS) is 23.5. The minimum Gasteiger partial charge on any atom is -0.367 e. The summed E-state index contributed by atoms with van der Waals surface area (Å²) in [4.78, 5) is 20.9. The number of hydrogen-bond donors (Lipinski definition) is 1. The molecule has 0 bridgehead atoms. The zero-order valence-corrected chi connectivity index (χ0v) is 22.7. The third-order valence-electron chi connectivity index (χ3n) is 8.41. The molecule has 2 fully saturated rings. The van der Waals surface area contributed by atoms with Crippen molar-refractivity contribution in [2.24, 2.45) is 5.92 Å². The van der Waals surface area contributed by atoms with Crippen molar-refractivity contribution < 1.29 is 0 Å². The Hall–Kier alpha value is -2.86. The lowest BCUT2D eigenvalue weighted by Crippen LogP contribution is -2.61. The van der Waals surface area contributed by atoms with Crippen LogP contribution in [0.5, 0.6) is 0 Å². The first-order chi connectivity index (χ1) is 17.8. The minimum absolute atomic E-state index is 0.141. The lowest BCUT2D eigenvalue weighted by Gasteiger charge is -2.55. The quantitative estimate of drug-likeness (QED) is 0.309. The number of fused-ring (bicyclic) bond motifs is 2. The Morgan fingerprint density at radius 2 is 1.78 bits per heavy atom. The number of benzene rings is 2. The lowest BCUT2D eigenvalue weighted by molar-refractivity contribution is -0.00444. The van der Waals surface area contributed by atoms with Gasteiger partial charge in [0.25, 0.3) is 5.56 Å². The predicted molar refractivity (Wildman–Crippen MR) is 153 cm³/mol. The van der Waals surface area contributed by atoms with Crippen molar-refractivity contribution in [2.45, 2.75) is 51.2 Å². The van der Waals surface area contributed by atoms with Gasteiger partial charge in [0.1, 0.15) is 5.82 Å². The largest absolute Gasteiger partial charge is 0.367 e. The van der Waals surface area contributed by atoms with Crippen LogP contribution in [0.3, 0.4) is 0 Å². The molecule has 4 unspecified atom stereocenters. The van der Waals surface area contributed by atoms with Crippen molar-refractivity contribution in [3.05, 3.63) is 86.6 Å². The molecule has 2 aromatic heterocycles. The van der Waals surface area contributed by atoms with Crippen LogP contribution < -0.4 is 10.9 Å². The molecule has 3 heterocycles. The smallest absolute Gasteiger partial charge is 0.255 e. The Labute approximate surface area is 227 Å². The van der Waals surface area contributed by atoms with E-state index in [1.165, 1.54) is 12.8 Å². The number of halogens is 2. The number of likely N-dealkylation sites (tertiary alicyclic amines) is 1. The Bertz CT molecular complexity index is 1550. The summed E-state index contributed by atoms with van der Waals surface area (Å²) in [5.41, 5.74) is 3.80. The van der Waals surface area contributed by atoms with Crippen LogP contribution in [0.1, 0.15) is 31.7 Å². The summed E-state index contributed by atoms with van der Waals surface area (Å²) in [5, 5.41) is 5.72. The summed E-state index contributed by atoms with van der Waals surface area (Å²) in [7, 11) is 2.24. The highest BCUT2D eigenvalue weighted by atomic mass is 35.5. The van der Waals surface area contributed by atoms with Crippen LogP contribution in [-0.2, 0) is 0 Å². The van der Waals surface area contributed by atoms with E-state index in [4.69, 9.17) is 28.2 Å². The Kier molecular flexibility index (Phi) is 6.26. The molecule has 0 amide bonds. The molecule has 0 radical (unpaired) electrons. The number of nitrogens with zero attached hydrogens (tertiary/aromatic N) is 3. The molecule has 5 nitrogen and oxygen atoms in total. The standard InChI is InChI=1S/C30H30Cl2N4O/c1-17-7-6-10-23(32)30(17)36-26-16-27(33-24-15-25-20(24)12-11-18(2)35(25)3)34-29(21(26)13-14-28(36)37)19-8-4-5-9-22(19)31/h4-10,13-14,16,18,20,24-25H,11-12,15H2,1-3H3,(H,33,34). The fourth-order valence-electron chi connectivity index (χ4n) is 6.17. The van der Waals surface area contributed by atoms with Gasteiger partial charge in [-0.05, 0) is 69.8 Å². The van der Waals surface area contributed by atoms with E-state index in [0.29, 0.717) is 39.8 Å². The molecule has 1 N–H and O–H groups in total. The summed E-state index contributed by atoms with van der Waals surface area (Å²) in [5.74, 6) is 1.34. The molecule has 190 valence electrons. The average Bonchev–Trinajstić information content (AvgIpc) is 2.86. The Balaban J connectivity index is 1.53. The summed E-state index contributed by atoms with van der Waals surface area (Å²) in [6.07, 6.45) is 3.50. The fraction of sp³-hybridized carbons (Fsp3) is 0.333. The topological polar surface area (TPSA) is 50.2 Å². The molecular formula is C30H30Cl2N4O. The van der Waals surface area contributed by atoms with Gasteiger partial charge in [0, 0.05) is 46.2 Å². The summed E-state index contributed by atoms with van der Waals surface area (Å²) in [6, 6.07) is 20.4. The Morgan fingerprint density at radius 1 is 1.00 bits per heavy atom. The van der Waals surface area contributed by atoms with Crippen molar-refractivity contribution in [2.75, 3.05) is 12.4 Å². The first kappa shape index (κ1) is 24.5. The molecule has 4 atom stereocenters. The van der Waals surface area contributed by atoms with E-state index < -0.39 is 0 Å². The number of nitrogens with one attached hydrogen (secondary N) is 1. The maximum Gasteiger partial charge on any atom is 0.255 e. The molecule has 1 aliphatic carbocycles. The van der Waals surface area contributed by atoms with Gasteiger partial charge >= 0.3 is 0 Å². The molecule has 7 heteroatoms. The molecule has 6 rings (SSSR count). The summed E-state index contributed by atoms with van der Waals surface area (Å²) < 4.78 is 1.71. The van der Waals surface area contributed by atoms with E-state index in [-0.39, 0.29) is 5.56 Å². The zero-order valence-electron chi connectivity index (χ0n) is 21.2. The van der Waals surface area contributed by atoms with Gasteiger partial charge in [-0.1, -0.05) is 53.5 Å². The highest BCUT2D eigenvalue weighted by molar-refractivity contribution is 6.33. The predicted octanol–water partition coefficient (Wildman–Crippen LogP) is 6.95. The number of rotatable bonds is 4. The second-order valence-electron chi connectivity index (χ2n) is 10.5. The van der Waals surface area contributed by atoms with Crippen molar-refractivity contribution in [3.63, 3.8) is 0 Å². The number of aromatic nitrogens is 2. The van der Waals surface area contributed by atoms with Gasteiger partial charge in [0.05, 0.1) is 21.9 Å². The van der Waals surface area contributed by atoms with Crippen LogP contribution in [0.15, 0.2) is 65.5 Å². The Morgan fingerprint density at radius 3 is 2.57 bits per heavy atom. The van der Waals surface area contributed by atoms with Crippen molar-refractivity contribution in [1.29, 1.82) is 0 Å². The van der Waals surface area contributed by atoms with E-state index in [1.54, 1.807) is 10.6 Å². The summed E-state index contributed by atoms with van der Waals surface area (Å²) >= 11 is 13.3. The minimum atomic E-state index is -0.141. The number of anilines is 1. The van der Waals surface area contributed by atoms with E-state index in [2.05, 4.69) is 24.2 Å². The van der Waals surface area contributed by atoms with Gasteiger partial charge in [-0.15, -0.1) is 0 Å². The molecule has 2 aliphatic rings. The van der Waals surface area contributed by atoms with E-state index in [9.17, 15) is 4.79 Å². The van der Waals surface area contributed by atoms with Crippen LogP contribution in [0, 0.1) is 12.8 Å². The number of hydrogen-bond acceptors (Lipinski definition) is 4. The fourth-order valence-corrected chi connectivity index (χ4v) is 6.70. The average molecular weight is 534 g/mol. The van der Waals surface area contributed by atoms with Crippen LogP contribution in [-0.4, -0.2) is 39.6 Å². The third kappa shape index (κ3) is 4.14. The molecule has 1 saturated heterocycles. The van der Waals surface area contributed by atoms with Gasteiger partial charge in [-0.2, -0.15) is 0 Å². The second kappa shape index (κ2) is 9.46. The van der Waals surface area contributed by atoms with Gasteiger partial charge < -0.3 is 10.2 Å². The maximum atomic E-state index is 13.3. The lowest BCUT2D eigenvalue weighted by atomic mass is 9.68. The molecule has 2 aromatic carbocycles. The van der Waals surface area contributed by atoms with Gasteiger partial charge in [-0.3, -0.25) is 9.36 Å². The van der Waals surface area contributed by atoms with E-state index >= 15 is 0 Å². The molecule has 0 spiro atoms. The van der Waals surface area contributed by atoms with Crippen LogP contribution in [0.4, 0.5) is 5.82 Å². The van der Waals surface area contributed by atoms with Crippen LogP contribution in [0.25, 0.3) is 27.8 Å². The number of piperidine rings is 1. The van der Waals surface area contributed by atoms with Crippen molar-refractivity contribution in [3.8, 4) is 16.9 Å². The third-order valence-corrected chi connectivity index (χ3v) is 9.04. The number of aryl methyl sites for hydroxylation is 1. The van der Waals surface area contributed by atoms with Gasteiger partial charge in [-0.25, -0.2) is 4.98 Å². The first-order valence-corrected chi connectivity index (χ1v) is 13.6. The molecule has 1 aliphatic heterocycles. The zero-order chi connectivity index (χ0) is 25.8. The SMILES string of the molecule is Cc1cccc(Cl)c1-n1c(=O)ccc2c(-c3ccccc3Cl)nc(NC3CC4C3CCC(C)N4C)cc21. The second-order valence-corrected chi connectivity index (χ2v) is 11.3. The molecule has 37 heavy (non-hydrogen) atoms. The number of para-hydroxylation sites is 1. The van der Waals surface area contributed by atoms with Crippen molar-refractivity contribution >= 4 is 39.9 Å². The van der Waals surface area contributed by atoms with E-state index in [1.807, 2.05) is 61.5 Å². The maximum absolute atomic E-state index is 13.3. The van der Waals surface area contributed by atoms with E-state index in [0.717, 1.165) is 40.0 Å².